The maximum Gasteiger partial charge on any atom is 0.416 e. The smallest absolute Gasteiger partial charge is 0.166 e. The average molecular weight is 342 g/mol. The normalized spacial score (nSPS) is 17.0. The molecule has 1 aliphatic carbocycles. The maximum atomic E-state index is 12.7. The van der Waals surface area contributed by atoms with Gasteiger partial charge in [0, 0.05) is 5.41 Å². The topological polar surface area (TPSA) is 0 Å². The van der Waals surface area contributed by atoms with Gasteiger partial charge in [-0.25, -0.2) is 0 Å². The van der Waals surface area contributed by atoms with Gasteiger partial charge in [0.2, 0.25) is 0 Å². The minimum Gasteiger partial charge on any atom is -0.166 e. The van der Waals surface area contributed by atoms with Gasteiger partial charge in [-0.15, -0.1) is 0 Å². The van der Waals surface area contributed by atoms with E-state index in [9.17, 15) is 26.3 Å². The number of allylic oxidation sites excluding steroid dienone is 1. The Hall–Kier alpha value is -2.24. The highest BCUT2D eigenvalue weighted by Gasteiger charge is 2.50. The molecule has 0 bridgehead atoms. The summed E-state index contributed by atoms with van der Waals surface area (Å²) in [5.74, 6) is 0. The van der Waals surface area contributed by atoms with Crippen LogP contribution in [0.1, 0.15) is 28.7 Å². The molecular weight excluding hydrogens is 330 g/mol. The number of alkyl halides is 6. The lowest BCUT2D eigenvalue weighted by molar-refractivity contribution is -0.138. The van der Waals surface area contributed by atoms with Gasteiger partial charge in [0.1, 0.15) is 0 Å². The first kappa shape index (κ1) is 16.6. The molecule has 6 heteroatoms. The highest BCUT2D eigenvalue weighted by Crippen LogP contribution is 2.57. The fourth-order valence-corrected chi connectivity index (χ4v) is 2.94. The Kier molecular flexibility index (Phi) is 3.55. The molecule has 0 heterocycles. The Labute approximate surface area is 134 Å². The van der Waals surface area contributed by atoms with Gasteiger partial charge >= 0.3 is 12.4 Å². The lowest BCUT2D eigenvalue weighted by atomic mass is 9.86. The molecule has 2 aromatic rings. The lowest BCUT2D eigenvalue weighted by Crippen LogP contribution is -2.12. The van der Waals surface area contributed by atoms with Crippen molar-refractivity contribution >= 4 is 0 Å². The Morgan fingerprint density at radius 3 is 1.17 bits per heavy atom. The molecule has 1 fully saturated rings. The van der Waals surface area contributed by atoms with Gasteiger partial charge < -0.3 is 0 Å². The van der Waals surface area contributed by atoms with Crippen LogP contribution in [-0.4, -0.2) is 0 Å². The Bertz CT molecular complexity index is 706. The lowest BCUT2D eigenvalue weighted by Gasteiger charge is -2.18. The molecule has 1 saturated carbocycles. The molecular formula is C18H12F6. The third kappa shape index (κ3) is 2.70. The Morgan fingerprint density at radius 2 is 0.958 bits per heavy atom. The molecule has 0 radical (unpaired) electrons. The van der Waals surface area contributed by atoms with Crippen LogP contribution in [0.3, 0.4) is 0 Å². The Balaban J connectivity index is 1.97. The van der Waals surface area contributed by atoms with Crippen LogP contribution in [0.15, 0.2) is 60.7 Å². The molecule has 0 unspecified atom stereocenters. The first-order valence-corrected chi connectivity index (χ1v) is 7.09. The van der Waals surface area contributed by atoms with Crippen molar-refractivity contribution in [1.82, 2.24) is 0 Å². The molecule has 0 aliphatic heterocycles. The third-order valence-electron chi connectivity index (χ3n) is 4.37. The van der Waals surface area contributed by atoms with Crippen LogP contribution in [0.4, 0.5) is 26.3 Å². The largest absolute Gasteiger partial charge is 0.416 e. The van der Waals surface area contributed by atoms with E-state index in [0.717, 1.165) is 29.8 Å². The zero-order valence-corrected chi connectivity index (χ0v) is 12.3. The molecule has 0 amide bonds. The predicted molar refractivity (Wildman–Crippen MR) is 77.4 cm³/mol. The minimum absolute atomic E-state index is 0.504. The van der Waals surface area contributed by atoms with Crippen LogP contribution >= 0.6 is 0 Å². The highest BCUT2D eigenvalue weighted by atomic mass is 19.4. The van der Waals surface area contributed by atoms with Crippen LogP contribution in [-0.2, 0) is 17.8 Å². The van der Waals surface area contributed by atoms with Crippen LogP contribution in [0.2, 0.25) is 0 Å². The molecule has 126 valence electrons. The van der Waals surface area contributed by atoms with E-state index in [0.29, 0.717) is 17.5 Å². The Morgan fingerprint density at radius 1 is 0.667 bits per heavy atom. The molecule has 24 heavy (non-hydrogen) atoms. The zero-order chi connectivity index (χ0) is 17.8. The van der Waals surface area contributed by atoms with E-state index in [1.807, 2.05) is 0 Å². The summed E-state index contributed by atoms with van der Waals surface area (Å²) in [6, 6.07) is 9.35. The zero-order valence-electron chi connectivity index (χ0n) is 12.3. The van der Waals surface area contributed by atoms with Gasteiger partial charge in [-0.3, -0.25) is 0 Å². The van der Waals surface area contributed by atoms with Crippen molar-refractivity contribution in [2.24, 2.45) is 0 Å². The van der Waals surface area contributed by atoms with Crippen molar-refractivity contribution in [3.8, 4) is 0 Å². The number of halogens is 6. The quantitative estimate of drug-likeness (QED) is 0.466. The summed E-state index contributed by atoms with van der Waals surface area (Å²) in [6.45, 7) is 3.87. The highest BCUT2D eigenvalue weighted by molar-refractivity contribution is 5.59. The second kappa shape index (κ2) is 5.13. The standard InChI is InChI=1S/C18H12F6/c1-11-10-16(11,12-2-6-14(7-3-12)17(19,20)21)13-4-8-15(9-5-13)18(22,23)24/h2-9H,1,10H2. The number of rotatable bonds is 2. The van der Waals surface area contributed by atoms with Crippen molar-refractivity contribution in [1.29, 1.82) is 0 Å². The molecule has 2 aromatic carbocycles. The van der Waals surface area contributed by atoms with Crippen LogP contribution < -0.4 is 0 Å². The second-order valence-corrected chi connectivity index (χ2v) is 5.84. The van der Waals surface area contributed by atoms with Crippen LogP contribution in [0.5, 0.6) is 0 Å². The van der Waals surface area contributed by atoms with Gasteiger partial charge in [-0.05, 0) is 41.8 Å². The van der Waals surface area contributed by atoms with E-state index < -0.39 is 28.9 Å². The van der Waals surface area contributed by atoms with Crippen molar-refractivity contribution < 1.29 is 26.3 Å². The third-order valence-corrected chi connectivity index (χ3v) is 4.37. The first-order valence-electron chi connectivity index (χ1n) is 7.09. The van der Waals surface area contributed by atoms with Gasteiger partial charge in [0.15, 0.2) is 0 Å². The summed E-state index contributed by atoms with van der Waals surface area (Å²) in [5.41, 5.74) is -0.267. The molecule has 1 aliphatic rings. The molecule has 0 aromatic heterocycles. The molecule has 0 atom stereocenters. The molecule has 0 saturated heterocycles. The van der Waals surface area contributed by atoms with Crippen molar-refractivity contribution in [3.05, 3.63) is 82.9 Å². The van der Waals surface area contributed by atoms with Gasteiger partial charge in [0.25, 0.3) is 0 Å². The van der Waals surface area contributed by atoms with Gasteiger partial charge in [0.05, 0.1) is 11.1 Å². The summed E-state index contributed by atoms with van der Waals surface area (Å²) in [5, 5.41) is 0. The summed E-state index contributed by atoms with van der Waals surface area (Å²) in [6.07, 6.45) is -8.36. The maximum absolute atomic E-state index is 12.7. The van der Waals surface area contributed by atoms with E-state index in [2.05, 4.69) is 6.58 Å². The van der Waals surface area contributed by atoms with E-state index in [1.165, 1.54) is 24.3 Å². The minimum atomic E-state index is -4.43. The van der Waals surface area contributed by atoms with Crippen molar-refractivity contribution in [2.75, 3.05) is 0 Å². The van der Waals surface area contributed by atoms with Crippen molar-refractivity contribution in [2.45, 2.75) is 24.2 Å². The SMILES string of the molecule is C=C1CC1(c1ccc(C(F)(F)F)cc1)c1ccc(C(F)(F)F)cc1. The monoisotopic (exact) mass is 342 g/mol. The van der Waals surface area contributed by atoms with Crippen LogP contribution in [0.25, 0.3) is 0 Å². The molecule has 3 rings (SSSR count). The van der Waals surface area contributed by atoms with Gasteiger partial charge in [-0.1, -0.05) is 36.4 Å². The molecule has 0 nitrogen and oxygen atoms in total. The van der Waals surface area contributed by atoms with E-state index in [1.54, 1.807) is 0 Å². The number of benzene rings is 2. The molecule has 0 spiro atoms. The van der Waals surface area contributed by atoms with Crippen molar-refractivity contribution in [3.63, 3.8) is 0 Å². The van der Waals surface area contributed by atoms with E-state index >= 15 is 0 Å². The van der Waals surface area contributed by atoms with Gasteiger partial charge in [-0.2, -0.15) is 26.3 Å². The predicted octanol–water partition coefficient (Wildman–Crippen LogP) is 5.97. The number of hydrogen-bond acceptors (Lipinski definition) is 0. The van der Waals surface area contributed by atoms with Crippen LogP contribution in [0, 0.1) is 0 Å². The summed E-state index contributed by atoms with van der Waals surface area (Å²) in [4.78, 5) is 0. The number of hydrogen-bond donors (Lipinski definition) is 0. The first-order chi connectivity index (χ1) is 11.0. The molecule has 0 N–H and O–H groups in total. The van der Waals surface area contributed by atoms with E-state index in [4.69, 9.17) is 0 Å². The fraction of sp³-hybridized carbons (Fsp3) is 0.222. The summed E-state index contributed by atoms with van der Waals surface area (Å²) < 4.78 is 76.0. The van der Waals surface area contributed by atoms with E-state index in [-0.39, 0.29) is 0 Å². The summed E-state index contributed by atoms with van der Waals surface area (Å²) >= 11 is 0. The summed E-state index contributed by atoms with van der Waals surface area (Å²) in [7, 11) is 0. The fourth-order valence-electron chi connectivity index (χ4n) is 2.94. The average Bonchev–Trinajstić information content (AvgIpc) is 3.18. The second-order valence-electron chi connectivity index (χ2n) is 5.84.